The van der Waals surface area contributed by atoms with Crippen LogP contribution in [0, 0.1) is 0 Å². The van der Waals surface area contributed by atoms with E-state index in [1.807, 2.05) is 0 Å². The highest BCUT2D eigenvalue weighted by atomic mass is 32.5. The van der Waals surface area contributed by atoms with Crippen LogP contribution >= 0.6 is 10.2 Å². The summed E-state index contributed by atoms with van der Waals surface area (Å²) in [5.74, 6) is 0. The van der Waals surface area contributed by atoms with E-state index in [0.29, 0.717) is 25.3 Å². The van der Waals surface area contributed by atoms with Gasteiger partial charge in [0.25, 0.3) is 0 Å². The van der Waals surface area contributed by atoms with E-state index < -0.39 is 15.6 Å². The van der Waals surface area contributed by atoms with Gasteiger partial charge in [-0.3, -0.25) is 0 Å². The molecule has 0 saturated carbocycles. The van der Waals surface area contributed by atoms with Crippen molar-refractivity contribution in [2.24, 2.45) is 0 Å². The van der Waals surface area contributed by atoms with E-state index in [1.54, 1.807) is 0 Å². The number of carbonyl (C=O) groups is 1. The maximum Gasteiger partial charge on any atom is 0.304 e. The second-order valence-electron chi connectivity index (χ2n) is 3.91. The highest BCUT2D eigenvalue weighted by Crippen LogP contribution is 2.98. The van der Waals surface area contributed by atoms with Crippen LogP contribution in [0.3, 0.4) is 0 Å². The Balaban J connectivity index is 3.60. The van der Waals surface area contributed by atoms with Crippen LogP contribution in [0.1, 0.15) is 44.9 Å². The standard InChI is InChI=1S/C10H17F5OS/c11-17(12,13,14,15)10-8-6-4-2-1-3-5-7-9-16/h8-10H,1-7H2/b10-8+. The number of aldehydes is 1. The lowest BCUT2D eigenvalue weighted by molar-refractivity contribution is -0.107. The van der Waals surface area contributed by atoms with Gasteiger partial charge in [-0.1, -0.05) is 44.8 Å². The Hall–Kier alpha value is -0.590. The molecule has 0 saturated heterocycles. The normalized spacial score (nSPS) is 16.8. The topological polar surface area (TPSA) is 17.1 Å². The van der Waals surface area contributed by atoms with Crippen LogP contribution in [0.25, 0.3) is 0 Å². The van der Waals surface area contributed by atoms with Crippen LogP contribution < -0.4 is 0 Å². The predicted molar refractivity (Wildman–Crippen MR) is 60.7 cm³/mol. The largest absolute Gasteiger partial charge is 0.304 e. The maximum absolute atomic E-state index is 11.8. The number of hydrogen-bond donors (Lipinski definition) is 0. The molecule has 104 valence electrons. The van der Waals surface area contributed by atoms with Gasteiger partial charge in [-0.15, -0.1) is 0 Å². The van der Waals surface area contributed by atoms with Crippen LogP contribution in [0.2, 0.25) is 0 Å². The molecular weight excluding hydrogens is 263 g/mol. The first-order valence-electron chi connectivity index (χ1n) is 5.39. The minimum atomic E-state index is -9.35. The lowest BCUT2D eigenvalue weighted by atomic mass is 10.1. The van der Waals surface area contributed by atoms with Crippen molar-refractivity contribution in [2.45, 2.75) is 44.9 Å². The van der Waals surface area contributed by atoms with Crippen molar-refractivity contribution in [3.05, 3.63) is 11.5 Å². The summed E-state index contributed by atoms with van der Waals surface area (Å²) in [5.41, 5.74) is 0. The van der Waals surface area contributed by atoms with Crippen LogP contribution in [0.4, 0.5) is 19.4 Å². The van der Waals surface area contributed by atoms with E-state index in [4.69, 9.17) is 0 Å². The molecule has 0 aromatic carbocycles. The Bertz CT molecular complexity index is 268. The molecule has 0 fully saturated rings. The molecule has 0 amide bonds. The Kier molecular flexibility index (Phi) is 5.18. The Morgan fingerprint density at radius 3 is 1.71 bits per heavy atom. The molecule has 0 heterocycles. The van der Waals surface area contributed by atoms with E-state index in [0.717, 1.165) is 25.5 Å². The summed E-state index contributed by atoms with van der Waals surface area (Å²) in [5, 5.41) is -0.883. The van der Waals surface area contributed by atoms with Gasteiger partial charge in [-0.2, -0.15) is 0 Å². The molecule has 0 radical (unpaired) electrons. The molecule has 0 aromatic heterocycles. The Morgan fingerprint density at radius 1 is 0.765 bits per heavy atom. The van der Waals surface area contributed by atoms with Crippen molar-refractivity contribution >= 4 is 16.5 Å². The van der Waals surface area contributed by atoms with Crippen molar-refractivity contribution in [3.8, 4) is 0 Å². The first-order chi connectivity index (χ1) is 7.54. The van der Waals surface area contributed by atoms with Gasteiger partial charge < -0.3 is 4.79 Å². The van der Waals surface area contributed by atoms with Crippen molar-refractivity contribution in [1.82, 2.24) is 0 Å². The van der Waals surface area contributed by atoms with E-state index >= 15 is 0 Å². The van der Waals surface area contributed by atoms with Gasteiger partial charge in [0.15, 0.2) is 0 Å². The number of unbranched alkanes of at least 4 members (excludes halogenated alkanes) is 6. The minimum absolute atomic E-state index is 0.000714. The number of allylic oxidation sites excluding steroid dienone is 1. The SMILES string of the molecule is O=CCCCCCCC/C=C/S(F)(F)(F)(F)F. The van der Waals surface area contributed by atoms with Crippen molar-refractivity contribution in [2.75, 3.05) is 0 Å². The molecule has 0 unspecified atom stereocenters. The van der Waals surface area contributed by atoms with E-state index in [2.05, 4.69) is 0 Å². The summed E-state index contributed by atoms with van der Waals surface area (Å²) < 4.78 is 59.1. The lowest BCUT2D eigenvalue weighted by Crippen LogP contribution is -1.98. The quantitative estimate of drug-likeness (QED) is 0.299. The van der Waals surface area contributed by atoms with E-state index in [9.17, 15) is 24.2 Å². The zero-order valence-corrected chi connectivity index (χ0v) is 10.2. The highest BCUT2D eigenvalue weighted by Gasteiger charge is 2.60. The average Bonchev–Trinajstić information content (AvgIpc) is 2.11. The van der Waals surface area contributed by atoms with Gasteiger partial charge in [0.1, 0.15) is 6.29 Å². The summed E-state index contributed by atoms with van der Waals surface area (Å²) in [6.45, 7) is 0. The summed E-state index contributed by atoms with van der Waals surface area (Å²) in [7, 11) is -9.35. The fourth-order valence-corrected chi connectivity index (χ4v) is 1.77. The zero-order chi connectivity index (χ0) is 13.5. The average molecular weight is 280 g/mol. The molecule has 1 nitrogen and oxygen atoms in total. The molecule has 0 bridgehead atoms. The Morgan fingerprint density at radius 2 is 1.24 bits per heavy atom. The summed E-state index contributed by atoms with van der Waals surface area (Å²) in [6.07, 6.45) is 5.34. The monoisotopic (exact) mass is 280 g/mol. The van der Waals surface area contributed by atoms with Gasteiger partial charge in [0.2, 0.25) is 0 Å². The zero-order valence-electron chi connectivity index (χ0n) is 9.39. The van der Waals surface area contributed by atoms with Gasteiger partial charge in [0, 0.05) is 6.42 Å². The second-order valence-corrected chi connectivity index (χ2v) is 6.24. The number of rotatable bonds is 9. The smallest absolute Gasteiger partial charge is 0.303 e. The van der Waals surface area contributed by atoms with Crippen LogP contribution in [0.5, 0.6) is 0 Å². The molecule has 0 N–H and O–H groups in total. The number of halogens is 5. The summed E-state index contributed by atoms with van der Waals surface area (Å²) in [6, 6.07) is 0. The van der Waals surface area contributed by atoms with Gasteiger partial charge in [-0.05, 0) is 19.3 Å². The van der Waals surface area contributed by atoms with Crippen molar-refractivity contribution < 1.29 is 24.2 Å². The van der Waals surface area contributed by atoms with Crippen LogP contribution in [0.15, 0.2) is 11.5 Å². The van der Waals surface area contributed by atoms with Crippen LogP contribution in [-0.4, -0.2) is 6.29 Å². The van der Waals surface area contributed by atoms with Crippen molar-refractivity contribution in [3.63, 3.8) is 0 Å². The minimum Gasteiger partial charge on any atom is -0.303 e. The second kappa shape index (κ2) is 5.37. The molecule has 0 aromatic rings. The van der Waals surface area contributed by atoms with Gasteiger partial charge in [-0.25, -0.2) is 0 Å². The number of hydrogen-bond acceptors (Lipinski definition) is 1. The molecule has 17 heavy (non-hydrogen) atoms. The van der Waals surface area contributed by atoms with Gasteiger partial charge in [0.05, 0.1) is 5.41 Å². The molecule has 0 atom stereocenters. The maximum atomic E-state index is 11.8. The first kappa shape index (κ1) is 16.4. The fraction of sp³-hybridized carbons (Fsp3) is 0.700. The molecule has 0 aliphatic heterocycles. The molecular formula is C10H17F5OS. The molecule has 7 heteroatoms. The summed E-state index contributed by atoms with van der Waals surface area (Å²) in [4.78, 5) is 9.95. The third kappa shape index (κ3) is 15.4. The van der Waals surface area contributed by atoms with E-state index in [1.165, 1.54) is 0 Å². The van der Waals surface area contributed by atoms with E-state index in [-0.39, 0.29) is 6.42 Å². The molecule has 0 spiro atoms. The first-order valence-corrected chi connectivity index (χ1v) is 7.41. The lowest BCUT2D eigenvalue weighted by Gasteiger charge is -2.36. The Labute approximate surface area is 97.8 Å². The predicted octanol–water partition coefficient (Wildman–Crippen LogP) is 5.73. The molecule has 0 aliphatic carbocycles. The molecule has 0 aliphatic rings. The van der Waals surface area contributed by atoms with Gasteiger partial charge >= 0.3 is 10.2 Å². The highest BCUT2D eigenvalue weighted by molar-refractivity contribution is 8.48. The van der Waals surface area contributed by atoms with Crippen molar-refractivity contribution in [1.29, 1.82) is 0 Å². The molecule has 0 rings (SSSR count). The number of carbonyl (C=O) groups excluding carboxylic acids is 1. The third-order valence-electron chi connectivity index (χ3n) is 2.05. The summed E-state index contributed by atoms with van der Waals surface area (Å²) >= 11 is 0. The van der Waals surface area contributed by atoms with Crippen LogP contribution in [-0.2, 0) is 4.79 Å². The third-order valence-corrected chi connectivity index (χ3v) is 2.75. The fourth-order valence-electron chi connectivity index (χ4n) is 1.27.